The van der Waals surface area contributed by atoms with Crippen molar-refractivity contribution in [2.45, 2.75) is 26.3 Å². The van der Waals surface area contributed by atoms with Gasteiger partial charge in [-0.1, -0.05) is 78.9 Å². The molecule has 1 atom stereocenters. The zero-order valence-electron chi connectivity index (χ0n) is 20.1. The van der Waals surface area contributed by atoms with Crippen LogP contribution in [0.5, 0.6) is 0 Å². The Hall–Kier alpha value is -4.18. The molecule has 0 aliphatic carbocycles. The van der Waals surface area contributed by atoms with Crippen molar-refractivity contribution < 1.29 is 4.74 Å². The van der Waals surface area contributed by atoms with Gasteiger partial charge >= 0.3 is 0 Å². The summed E-state index contributed by atoms with van der Waals surface area (Å²) in [5, 5.41) is 3.60. The van der Waals surface area contributed by atoms with Gasteiger partial charge in [-0.05, 0) is 55.2 Å². The maximum atomic E-state index is 6.05. The zero-order chi connectivity index (χ0) is 24.0. The Kier molecular flexibility index (Phi) is 6.71. The lowest BCUT2D eigenvalue weighted by Crippen LogP contribution is -2.09. The lowest BCUT2D eigenvalue weighted by atomic mass is 10.1. The lowest BCUT2D eigenvalue weighted by molar-refractivity contribution is 0.317. The molecule has 4 aromatic rings. The monoisotopic (exact) mass is 459 g/mol. The second kappa shape index (κ2) is 10.4. The van der Waals surface area contributed by atoms with Crippen molar-refractivity contribution in [1.29, 1.82) is 0 Å². The normalized spacial score (nSPS) is 15.1. The number of para-hydroxylation sites is 3. The molecule has 1 aliphatic heterocycles. The van der Waals surface area contributed by atoms with E-state index in [2.05, 4.69) is 85.9 Å². The van der Waals surface area contributed by atoms with E-state index in [0.717, 1.165) is 34.6 Å². The van der Waals surface area contributed by atoms with E-state index < -0.39 is 0 Å². The average Bonchev–Trinajstić information content (AvgIpc) is 3.34. The minimum atomic E-state index is 0.122. The second-order valence-corrected chi connectivity index (χ2v) is 8.85. The van der Waals surface area contributed by atoms with Crippen LogP contribution in [0.2, 0.25) is 0 Å². The largest absolute Gasteiger partial charge is 0.475 e. The number of rotatable bonds is 7. The molecule has 0 amide bonds. The molecule has 0 fully saturated rings. The van der Waals surface area contributed by atoms with E-state index in [-0.39, 0.29) is 6.04 Å². The molecule has 0 aromatic heterocycles. The van der Waals surface area contributed by atoms with Gasteiger partial charge in [0.25, 0.3) is 0 Å². The molecule has 5 rings (SSSR count). The lowest BCUT2D eigenvalue weighted by Gasteiger charge is -2.14. The Bertz CT molecular complexity index is 1350. The van der Waals surface area contributed by atoms with Crippen LogP contribution in [0.15, 0.2) is 107 Å². The Balaban J connectivity index is 1.39. The minimum Gasteiger partial charge on any atom is -0.475 e. The Morgan fingerprint density at radius 1 is 0.829 bits per heavy atom. The molecule has 1 aliphatic rings. The predicted molar refractivity (Wildman–Crippen MR) is 146 cm³/mol. The molecule has 0 saturated carbocycles. The molecule has 4 nitrogen and oxygen atoms in total. The third kappa shape index (κ3) is 5.33. The number of nitrogens with zero attached hydrogens (tertiary/aromatic N) is 2. The first-order valence-corrected chi connectivity index (χ1v) is 12.0. The first-order valence-electron chi connectivity index (χ1n) is 12.0. The van der Waals surface area contributed by atoms with E-state index in [1.165, 1.54) is 16.7 Å². The summed E-state index contributed by atoms with van der Waals surface area (Å²) in [6.07, 6.45) is 2.80. The van der Waals surface area contributed by atoms with Crippen LogP contribution >= 0.6 is 0 Å². The standard InChI is InChI=1S/C31H29N3O/c1-22-11-10-12-23(2)30(22)32-20-25-15-6-8-17-28(25)34-29-18-9-7-16-27(29)31-33-26(21-35-31)19-24-13-4-3-5-14-24/h3-18,20,26,34H,19,21H2,1-2H3/t26-/m1/s1. The third-order valence-corrected chi connectivity index (χ3v) is 6.19. The molecule has 0 spiro atoms. The molecule has 4 aromatic carbocycles. The van der Waals surface area contributed by atoms with Crippen LogP contribution in [0.25, 0.3) is 0 Å². The maximum absolute atomic E-state index is 6.05. The van der Waals surface area contributed by atoms with Gasteiger partial charge in [-0.15, -0.1) is 0 Å². The van der Waals surface area contributed by atoms with Crippen LogP contribution in [0.1, 0.15) is 27.8 Å². The summed E-state index contributed by atoms with van der Waals surface area (Å²) in [5.41, 5.74) is 8.53. The van der Waals surface area contributed by atoms with Crippen LogP contribution < -0.4 is 5.32 Å². The molecular weight excluding hydrogens is 430 g/mol. The maximum Gasteiger partial charge on any atom is 0.218 e. The summed E-state index contributed by atoms with van der Waals surface area (Å²) in [6.45, 7) is 4.78. The molecule has 0 radical (unpaired) electrons. The van der Waals surface area contributed by atoms with Gasteiger partial charge in [0, 0.05) is 17.5 Å². The van der Waals surface area contributed by atoms with Crippen LogP contribution in [0.4, 0.5) is 17.1 Å². The van der Waals surface area contributed by atoms with E-state index in [1.54, 1.807) is 0 Å². The molecule has 35 heavy (non-hydrogen) atoms. The molecule has 0 bridgehead atoms. The minimum absolute atomic E-state index is 0.122. The van der Waals surface area contributed by atoms with Crippen molar-refractivity contribution in [2.75, 3.05) is 11.9 Å². The molecule has 174 valence electrons. The number of benzene rings is 4. The van der Waals surface area contributed by atoms with E-state index in [9.17, 15) is 0 Å². The summed E-state index contributed by atoms with van der Waals surface area (Å²) in [7, 11) is 0. The topological polar surface area (TPSA) is 46.0 Å². The van der Waals surface area contributed by atoms with Crippen molar-refractivity contribution in [3.63, 3.8) is 0 Å². The van der Waals surface area contributed by atoms with Crippen molar-refractivity contribution in [3.05, 3.63) is 125 Å². The van der Waals surface area contributed by atoms with Gasteiger partial charge in [-0.2, -0.15) is 0 Å². The first kappa shape index (κ1) is 22.6. The highest BCUT2D eigenvalue weighted by Crippen LogP contribution is 2.28. The van der Waals surface area contributed by atoms with Gasteiger partial charge in [-0.3, -0.25) is 4.99 Å². The zero-order valence-corrected chi connectivity index (χ0v) is 20.1. The van der Waals surface area contributed by atoms with Gasteiger partial charge in [0.1, 0.15) is 6.61 Å². The smallest absolute Gasteiger partial charge is 0.218 e. The van der Waals surface area contributed by atoms with Gasteiger partial charge in [-0.25, -0.2) is 4.99 Å². The highest BCUT2D eigenvalue weighted by atomic mass is 16.5. The first-order chi connectivity index (χ1) is 17.2. The second-order valence-electron chi connectivity index (χ2n) is 8.85. The van der Waals surface area contributed by atoms with Crippen LogP contribution in [0.3, 0.4) is 0 Å². The number of aliphatic imine (C=N–C) groups is 2. The molecular formula is C31H29N3O. The molecule has 1 N–H and O–H groups in total. The summed E-state index contributed by atoms with van der Waals surface area (Å²) in [4.78, 5) is 9.72. The Morgan fingerprint density at radius 3 is 2.31 bits per heavy atom. The molecule has 4 heteroatoms. The highest BCUT2D eigenvalue weighted by Gasteiger charge is 2.22. The Morgan fingerprint density at radius 2 is 1.51 bits per heavy atom. The number of aryl methyl sites for hydroxylation is 2. The summed E-state index contributed by atoms with van der Waals surface area (Å²) in [5.74, 6) is 0.690. The van der Waals surface area contributed by atoms with Crippen LogP contribution in [-0.4, -0.2) is 24.8 Å². The summed E-state index contributed by atoms with van der Waals surface area (Å²) < 4.78 is 6.05. The number of anilines is 2. The van der Waals surface area contributed by atoms with Crippen molar-refractivity contribution in [2.24, 2.45) is 9.98 Å². The molecule has 0 unspecified atom stereocenters. The number of nitrogens with one attached hydrogen (secondary N) is 1. The van der Waals surface area contributed by atoms with Crippen molar-refractivity contribution >= 4 is 29.2 Å². The van der Waals surface area contributed by atoms with Gasteiger partial charge in [0.2, 0.25) is 5.90 Å². The van der Waals surface area contributed by atoms with E-state index in [4.69, 9.17) is 14.7 Å². The predicted octanol–water partition coefficient (Wildman–Crippen LogP) is 7.19. The molecule has 1 heterocycles. The Labute approximate surface area is 207 Å². The molecule has 0 saturated heterocycles. The fraction of sp³-hybridized carbons (Fsp3) is 0.161. The van der Waals surface area contributed by atoms with Gasteiger partial charge in [0.15, 0.2) is 0 Å². The fourth-order valence-corrected chi connectivity index (χ4v) is 4.34. The van der Waals surface area contributed by atoms with E-state index >= 15 is 0 Å². The summed E-state index contributed by atoms with van der Waals surface area (Å²) in [6, 6.07) is 33.2. The van der Waals surface area contributed by atoms with Gasteiger partial charge < -0.3 is 10.1 Å². The van der Waals surface area contributed by atoms with E-state index in [0.29, 0.717) is 12.5 Å². The number of hydrogen-bond acceptors (Lipinski definition) is 4. The van der Waals surface area contributed by atoms with Crippen molar-refractivity contribution in [3.8, 4) is 0 Å². The van der Waals surface area contributed by atoms with Gasteiger partial charge in [0.05, 0.1) is 23.0 Å². The quantitative estimate of drug-likeness (QED) is 0.297. The van der Waals surface area contributed by atoms with E-state index in [1.807, 2.05) is 36.5 Å². The number of hydrogen-bond donors (Lipinski definition) is 1. The average molecular weight is 460 g/mol. The SMILES string of the molecule is Cc1cccc(C)c1N=Cc1ccccc1Nc1ccccc1C1=N[C@H](Cc2ccccc2)CO1. The van der Waals surface area contributed by atoms with Crippen molar-refractivity contribution in [1.82, 2.24) is 0 Å². The third-order valence-electron chi connectivity index (χ3n) is 6.19. The van der Waals surface area contributed by atoms with Crippen LogP contribution in [0, 0.1) is 13.8 Å². The summed E-state index contributed by atoms with van der Waals surface area (Å²) >= 11 is 0. The highest BCUT2D eigenvalue weighted by molar-refractivity contribution is 6.02. The fourth-order valence-electron chi connectivity index (χ4n) is 4.34. The van der Waals surface area contributed by atoms with Crippen LogP contribution in [-0.2, 0) is 11.2 Å². The number of ether oxygens (including phenoxy) is 1.